The van der Waals surface area contributed by atoms with Crippen LogP contribution in [0.5, 0.6) is 5.75 Å². The summed E-state index contributed by atoms with van der Waals surface area (Å²) in [4.78, 5) is 23.9. The highest BCUT2D eigenvalue weighted by atomic mass is 19.1. The van der Waals surface area contributed by atoms with Gasteiger partial charge in [0.1, 0.15) is 11.3 Å². The van der Waals surface area contributed by atoms with Gasteiger partial charge in [0.25, 0.3) is 5.91 Å². The third kappa shape index (κ3) is 3.21. The van der Waals surface area contributed by atoms with E-state index in [2.05, 4.69) is 16.5 Å². The summed E-state index contributed by atoms with van der Waals surface area (Å²) < 4.78 is 21.1. The molecule has 3 heterocycles. The minimum Gasteiger partial charge on any atom is -0.494 e. The molecule has 1 amide bonds. The number of methoxy groups -OCH3 is 1. The van der Waals surface area contributed by atoms with Crippen molar-refractivity contribution in [3.63, 3.8) is 0 Å². The van der Waals surface area contributed by atoms with Gasteiger partial charge in [-0.15, -0.1) is 0 Å². The van der Waals surface area contributed by atoms with Gasteiger partial charge in [0.05, 0.1) is 7.11 Å². The average Bonchev–Trinajstić information content (AvgIpc) is 3.33. The van der Waals surface area contributed by atoms with Crippen LogP contribution in [-0.2, 0) is 6.54 Å². The lowest BCUT2D eigenvalue weighted by molar-refractivity contribution is 0.0790. The van der Waals surface area contributed by atoms with Crippen LogP contribution < -0.4 is 4.74 Å². The van der Waals surface area contributed by atoms with E-state index in [1.807, 2.05) is 12.1 Å². The Morgan fingerprint density at radius 3 is 2.96 bits per heavy atom. The molecule has 0 spiro atoms. The molecule has 0 bridgehead atoms. The van der Waals surface area contributed by atoms with Crippen molar-refractivity contribution >= 4 is 17.1 Å². The highest BCUT2D eigenvalue weighted by Crippen LogP contribution is 2.30. The second-order valence-electron chi connectivity index (χ2n) is 7.05. The predicted octanol–water partition coefficient (Wildman–Crippen LogP) is 3.62. The van der Waals surface area contributed by atoms with E-state index in [0.29, 0.717) is 18.7 Å². The third-order valence-electron chi connectivity index (χ3n) is 5.22. The maximum atomic E-state index is 14.0. The summed E-state index contributed by atoms with van der Waals surface area (Å²) in [5.74, 6) is 0.566. The van der Waals surface area contributed by atoms with E-state index in [1.54, 1.807) is 17.2 Å². The molecule has 1 atom stereocenters. The van der Waals surface area contributed by atoms with E-state index in [-0.39, 0.29) is 17.6 Å². The lowest BCUT2D eigenvalue weighted by Gasteiger charge is -2.17. The second-order valence-corrected chi connectivity index (χ2v) is 7.05. The zero-order chi connectivity index (χ0) is 19.7. The van der Waals surface area contributed by atoms with Crippen molar-refractivity contribution in [2.75, 3.05) is 20.2 Å². The highest BCUT2D eigenvalue weighted by Gasteiger charge is 2.31. The number of carbonyl (C=O) groups is 1. The second kappa shape index (κ2) is 7.58. The van der Waals surface area contributed by atoms with Gasteiger partial charge < -0.3 is 14.2 Å². The van der Waals surface area contributed by atoms with Crippen LogP contribution in [0.2, 0.25) is 0 Å². The Morgan fingerprint density at radius 1 is 1.36 bits per heavy atom. The molecule has 0 N–H and O–H groups in total. The van der Waals surface area contributed by atoms with Crippen molar-refractivity contribution < 1.29 is 13.9 Å². The Kier molecular flexibility index (Phi) is 4.98. The number of amides is 1. The average molecular weight is 382 g/mol. The van der Waals surface area contributed by atoms with E-state index in [9.17, 15) is 9.18 Å². The van der Waals surface area contributed by atoms with Crippen LogP contribution in [0.4, 0.5) is 4.39 Å². The molecule has 1 fully saturated rings. The summed E-state index contributed by atoms with van der Waals surface area (Å²) in [5, 5.41) is 0. The number of aryl methyl sites for hydroxylation is 1. The molecule has 7 heteroatoms. The first-order chi connectivity index (χ1) is 13.6. The number of nitrogens with zero attached hydrogens (tertiary/aromatic N) is 4. The van der Waals surface area contributed by atoms with Gasteiger partial charge in [-0.05, 0) is 43.2 Å². The molecule has 4 rings (SSSR count). The number of halogens is 1. The topological polar surface area (TPSA) is 60.2 Å². The van der Waals surface area contributed by atoms with Gasteiger partial charge in [-0.1, -0.05) is 6.92 Å². The SMILES string of the molecule is CCCn1c([C@@H]2CCN(C(=O)c3ccc(OC)c(F)c3)C2)nc2cccnc21. The van der Waals surface area contributed by atoms with Gasteiger partial charge in [-0.2, -0.15) is 0 Å². The van der Waals surface area contributed by atoms with Crippen LogP contribution in [0.1, 0.15) is 41.9 Å². The minimum atomic E-state index is -0.528. The number of aromatic nitrogens is 3. The van der Waals surface area contributed by atoms with Gasteiger partial charge in [-0.3, -0.25) is 4.79 Å². The van der Waals surface area contributed by atoms with Crippen molar-refractivity contribution in [3.05, 3.63) is 53.7 Å². The van der Waals surface area contributed by atoms with Crippen molar-refractivity contribution in [2.24, 2.45) is 0 Å². The van der Waals surface area contributed by atoms with Gasteiger partial charge in [0.2, 0.25) is 0 Å². The molecule has 0 radical (unpaired) electrons. The minimum absolute atomic E-state index is 0.136. The number of fused-ring (bicyclic) bond motifs is 1. The molecular formula is C21H23FN4O2. The van der Waals surface area contributed by atoms with Crippen molar-refractivity contribution in [2.45, 2.75) is 32.2 Å². The summed E-state index contributed by atoms with van der Waals surface area (Å²) in [7, 11) is 1.40. The van der Waals surface area contributed by atoms with Crippen LogP contribution in [0.15, 0.2) is 36.5 Å². The van der Waals surface area contributed by atoms with E-state index >= 15 is 0 Å². The first kappa shape index (κ1) is 18.4. The largest absolute Gasteiger partial charge is 0.494 e. The molecular weight excluding hydrogens is 359 g/mol. The number of rotatable bonds is 5. The summed E-state index contributed by atoms with van der Waals surface area (Å²) in [5.41, 5.74) is 2.11. The quantitative estimate of drug-likeness (QED) is 0.676. The molecule has 1 aliphatic rings. The Labute approximate surface area is 163 Å². The molecule has 0 saturated carbocycles. The summed E-state index contributed by atoms with van der Waals surface area (Å²) >= 11 is 0. The van der Waals surface area contributed by atoms with Crippen LogP contribution in [0, 0.1) is 5.82 Å². The van der Waals surface area contributed by atoms with Gasteiger partial charge in [0.15, 0.2) is 17.2 Å². The molecule has 3 aromatic rings. The van der Waals surface area contributed by atoms with E-state index in [1.165, 1.54) is 19.2 Å². The van der Waals surface area contributed by atoms with Gasteiger partial charge >= 0.3 is 0 Å². The molecule has 0 unspecified atom stereocenters. The zero-order valence-electron chi connectivity index (χ0n) is 16.1. The summed E-state index contributed by atoms with van der Waals surface area (Å²) in [6.45, 7) is 4.16. The number of likely N-dealkylation sites (tertiary alicyclic amines) is 1. The number of hydrogen-bond donors (Lipinski definition) is 0. The number of hydrogen-bond acceptors (Lipinski definition) is 4. The Hall–Kier alpha value is -2.96. The molecule has 146 valence electrons. The van der Waals surface area contributed by atoms with Crippen LogP contribution in [0.3, 0.4) is 0 Å². The first-order valence-corrected chi connectivity index (χ1v) is 9.56. The van der Waals surface area contributed by atoms with Crippen LogP contribution >= 0.6 is 0 Å². The summed E-state index contributed by atoms with van der Waals surface area (Å²) in [6.07, 6.45) is 3.59. The fourth-order valence-corrected chi connectivity index (χ4v) is 3.87. The standard InChI is InChI=1S/C21H23FN4O2/c1-3-10-26-19(24-17-5-4-9-23-20(17)26)15-8-11-25(13-15)21(27)14-6-7-18(28-2)16(22)12-14/h4-7,9,12,15H,3,8,10-11,13H2,1-2H3/t15-/m1/s1. The number of carbonyl (C=O) groups excluding carboxylic acids is 1. The third-order valence-corrected chi connectivity index (χ3v) is 5.22. The van der Waals surface area contributed by atoms with E-state index in [0.717, 1.165) is 36.4 Å². The number of pyridine rings is 1. The van der Waals surface area contributed by atoms with Gasteiger partial charge in [0, 0.05) is 37.3 Å². The smallest absolute Gasteiger partial charge is 0.253 e. The Bertz CT molecular complexity index is 1020. The molecule has 0 aliphatic carbocycles. The maximum Gasteiger partial charge on any atom is 0.253 e. The molecule has 1 aromatic carbocycles. The monoisotopic (exact) mass is 382 g/mol. The zero-order valence-corrected chi connectivity index (χ0v) is 16.1. The fraction of sp³-hybridized carbons (Fsp3) is 0.381. The number of ether oxygens (including phenoxy) is 1. The van der Waals surface area contributed by atoms with E-state index in [4.69, 9.17) is 9.72 Å². The Morgan fingerprint density at radius 2 is 2.21 bits per heavy atom. The van der Waals surface area contributed by atoms with Crippen LogP contribution in [0.25, 0.3) is 11.2 Å². The highest BCUT2D eigenvalue weighted by molar-refractivity contribution is 5.94. The van der Waals surface area contributed by atoms with Gasteiger partial charge in [-0.25, -0.2) is 14.4 Å². The molecule has 2 aromatic heterocycles. The molecule has 1 aliphatic heterocycles. The molecule has 28 heavy (non-hydrogen) atoms. The van der Waals surface area contributed by atoms with Crippen molar-refractivity contribution in [1.29, 1.82) is 0 Å². The predicted molar refractivity (Wildman–Crippen MR) is 104 cm³/mol. The lowest BCUT2D eigenvalue weighted by Crippen LogP contribution is -2.28. The normalized spacial score (nSPS) is 16.7. The maximum absolute atomic E-state index is 14.0. The summed E-state index contributed by atoms with van der Waals surface area (Å²) in [6, 6.07) is 8.19. The van der Waals surface area contributed by atoms with E-state index < -0.39 is 5.82 Å². The van der Waals surface area contributed by atoms with Crippen LogP contribution in [-0.4, -0.2) is 45.5 Å². The first-order valence-electron chi connectivity index (χ1n) is 9.56. The number of imidazole rings is 1. The number of benzene rings is 1. The fourth-order valence-electron chi connectivity index (χ4n) is 3.87. The lowest BCUT2D eigenvalue weighted by atomic mass is 10.1. The molecule has 1 saturated heterocycles. The Balaban J connectivity index is 1.57. The van der Waals surface area contributed by atoms with Crippen molar-refractivity contribution in [1.82, 2.24) is 19.4 Å². The van der Waals surface area contributed by atoms with Crippen molar-refractivity contribution in [3.8, 4) is 5.75 Å². The molecule has 6 nitrogen and oxygen atoms in total.